The molecule has 0 saturated carbocycles. The molecule has 0 unspecified atom stereocenters. The lowest BCUT2D eigenvalue weighted by Crippen LogP contribution is -2.31. The molecule has 0 aliphatic heterocycles. The highest BCUT2D eigenvalue weighted by Crippen LogP contribution is 2.17. The Balaban J connectivity index is 1.68. The first-order valence-electron chi connectivity index (χ1n) is 8.53. The van der Waals surface area contributed by atoms with Gasteiger partial charge in [-0.3, -0.25) is 9.59 Å². The van der Waals surface area contributed by atoms with Crippen LogP contribution >= 0.6 is 0 Å². The number of halogens is 1. The zero-order chi connectivity index (χ0) is 19.8. The predicted octanol–water partition coefficient (Wildman–Crippen LogP) is 2.63. The Kier molecular flexibility index (Phi) is 4.23. The van der Waals surface area contributed by atoms with E-state index in [1.807, 2.05) is 0 Å². The third-order valence-electron chi connectivity index (χ3n) is 4.47. The quantitative estimate of drug-likeness (QED) is 0.595. The molecule has 0 saturated heterocycles. The van der Waals surface area contributed by atoms with Gasteiger partial charge < -0.3 is 0 Å². The fourth-order valence-corrected chi connectivity index (χ4v) is 3.01. The van der Waals surface area contributed by atoms with E-state index in [1.165, 1.54) is 27.8 Å². The molecule has 7 nitrogen and oxygen atoms in total. The lowest BCUT2D eigenvalue weighted by atomic mass is 10.2. The number of nitrogens with one attached hydrogen (secondary N) is 1. The van der Waals surface area contributed by atoms with Crippen molar-refractivity contribution < 1.29 is 9.18 Å². The highest BCUT2D eigenvalue weighted by Gasteiger charge is 2.16. The molecular weight excluding hydrogens is 361 g/mol. The SMILES string of the molecule is Cc1nc(-c2cccc(F)c2)ncc1C(=O)Nn1c2ccccc2c(=O)n1C. The van der Waals surface area contributed by atoms with Crippen LogP contribution in [-0.2, 0) is 7.05 Å². The third-order valence-corrected chi connectivity index (χ3v) is 4.47. The van der Waals surface area contributed by atoms with Crippen LogP contribution in [0.2, 0.25) is 0 Å². The van der Waals surface area contributed by atoms with Crippen LogP contribution in [0.4, 0.5) is 4.39 Å². The van der Waals surface area contributed by atoms with E-state index in [0.29, 0.717) is 28.0 Å². The number of para-hydroxylation sites is 1. The molecule has 0 spiro atoms. The smallest absolute Gasteiger partial charge is 0.267 e. The molecule has 2 aromatic carbocycles. The number of aryl methyl sites for hydroxylation is 1. The van der Waals surface area contributed by atoms with Gasteiger partial charge in [0.1, 0.15) is 5.82 Å². The maximum atomic E-state index is 13.4. The van der Waals surface area contributed by atoms with Crippen molar-refractivity contribution in [1.29, 1.82) is 0 Å². The van der Waals surface area contributed by atoms with Crippen molar-refractivity contribution in [2.75, 3.05) is 5.43 Å². The average molecular weight is 377 g/mol. The Morgan fingerprint density at radius 2 is 1.93 bits per heavy atom. The number of fused-ring (bicyclic) bond motifs is 1. The number of carbonyl (C=O) groups excluding carboxylic acids is 1. The molecule has 1 N–H and O–H groups in total. The molecule has 0 radical (unpaired) electrons. The fourth-order valence-electron chi connectivity index (χ4n) is 3.01. The van der Waals surface area contributed by atoms with Crippen LogP contribution < -0.4 is 11.0 Å². The first kappa shape index (κ1) is 17.6. The van der Waals surface area contributed by atoms with E-state index >= 15 is 0 Å². The van der Waals surface area contributed by atoms with Crippen LogP contribution in [0.3, 0.4) is 0 Å². The number of rotatable bonds is 3. The van der Waals surface area contributed by atoms with Crippen LogP contribution in [0.15, 0.2) is 59.5 Å². The van der Waals surface area contributed by atoms with Crippen molar-refractivity contribution in [3.63, 3.8) is 0 Å². The molecule has 8 heteroatoms. The summed E-state index contributed by atoms with van der Waals surface area (Å²) in [7, 11) is 1.57. The van der Waals surface area contributed by atoms with Crippen LogP contribution in [0.1, 0.15) is 16.1 Å². The van der Waals surface area contributed by atoms with Crippen LogP contribution in [-0.4, -0.2) is 25.3 Å². The molecular formula is C20H16FN5O2. The van der Waals surface area contributed by atoms with Gasteiger partial charge in [-0.05, 0) is 31.2 Å². The van der Waals surface area contributed by atoms with Gasteiger partial charge in [0.2, 0.25) is 0 Å². The molecule has 28 heavy (non-hydrogen) atoms. The lowest BCUT2D eigenvalue weighted by Gasteiger charge is -2.12. The summed E-state index contributed by atoms with van der Waals surface area (Å²) in [4.78, 5) is 34.9. The Bertz CT molecular complexity index is 1280. The fraction of sp³-hybridized carbons (Fsp3) is 0.100. The Hall–Kier alpha value is -3.81. The minimum Gasteiger partial charge on any atom is -0.267 e. The van der Waals surface area contributed by atoms with E-state index in [4.69, 9.17) is 0 Å². The summed E-state index contributed by atoms with van der Waals surface area (Å²) in [5.41, 5.74) is 4.28. The topological polar surface area (TPSA) is 81.8 Å². The predicted molar refractivity (Wildman–Crippen MR) is 103 cm³/mol. The zero-order valence-corrected chi connectivity index (χ0v) is 15.2. The number of hydrogen-bond acceptors (Lipinski definition) is 4. The molecule has 1 amide bonds. The van der Waals surface area contributed by atoms with Crippen LogP contribution in [0, 0.1) is 12.7 Å². The van der Waals surface area contributed by atoms with Gasteiger partial charge in [0, 0.05) is 18.8 Å². The van der Waals surface area contributed by atoms with Gasteiger partial charge in [0.15, 0.2) is 5.82 Å². The van der Waals surface area contributed by atoms with Crippen molar-refractivity contribution in [3.05, 3.63) is 82.2 Å². The summed E-state index contributed by atoms with van der Waals surface area (Å²) < 4.78 is 14.7. The molecule has 2 aromatic heterocycles. The van der Waals surface area contributed by atoms with Gasteiger partial charge in [0.25, 0.3) is 11.5 Å². The maximum Gasteiger partial charge on any atom is 0.275 e. The summed E-state index contributed by atoms with van der Waals surface area (Å²) in [5, 5.41) is 0.500. The Labute approximate surface area is 159 Å². The minimum atomic E-state index is -0.459. The van der Waals surface area contributed by atoms with E-state index in [0.717, 1.165) is 0 Å². The normalized spacial score (nSPS) is 11.0. The van der Waals surface area contributed by atoms with Gasteiger partial charge in [-0.15, -0.1) is 0 Å². The van der Waals surface area contributed by atoms with Gasteiger partial charge in [-0.1, -0.05) is 24.3 Å². The molecule has 0 fully saturated rings. The second kappa shape index (κ2) is 6.73. The van der Waals surface area contributed by atoms with Crippen LogP contribution in [0.5, 0.6) is 0 Å². The summed E-state index contributed by atoms with van der Waals surface area (Å²) in [6, 6.07) is 12.9. The van der Waals surface area contributed by atoms with Crippen molar-refractivity contribution >= 4 is 16.8 Å². The maximum absolute atomic E-state index is 13.4. The summed E-state index contributed by atoms with van der Waals surface area (Å²) in [6.45, 7) is 1.67. The minimum absolute atomic E-state index is 0.217. The number of nitrogens with zero attached hydrogens (tertiary/aromatic N) is 4. The molecule has 2 heterocycles. The van der Waals surface area contributed by atoms with E-state index in [-0.39, 0.29) is 16.9 Å². The van der Waals surface area contributed by atoms with Gasteiger partial charge in [0.05, 0.1) is 22.2 Å². The largest absolute Gasteiger partial charge is 0.275 e. The molecule has 0 bridgehead atoms. The molecule has 140 valence electrons. The van der Waals surface area contributed by atoms with Crippen LogP contribution in [0.25, 0.3) is 22.3 Å². The highest BCUT2D eigenvalue weighted by molar-refractivity contribution is 6.01. The summed E-state index contributed by atoms with van der Waals surface area (Å²) in [6.07, 6.45) is 1.39. The first-order valence-corrected chi connectivity index (χ1v) is 8.53. The highest BCUT2D eigenvalue weighted by atomic mass is 19.1. The number of hydrogen-bond donors (Lipinski definition) is 1. The monoisotopic (exact) mass is 377 g/mol. The lowest BCUT2D eigenvalue weighted by molar-refractivity contribution is 0.100. The summed E-state index contributed by atoms with van der Waals surface area (Å²) >= 11 is 0. The number of carbonyl (C=O) groups is 1. The van der Waals surface area contributed by atoms with Crippen molar-refractivity contribution in [3.8, 4) is 11.4 Å². The summed E-state index contributed by atoms with van der Waals surface area (Å²) in [5.74, 6) is -0.520. The first-order chi connectivity index (χ1) is 13.5. The van der Waals surface area contributed by atoms with E-state index in [9.17, 15) is 14.0 Å². The van der Waals surface area contributed by atoms with E-state index < -0.39 is 5.91 Å². The number of amides is 1. The third kappa shape index (κ3) is 2.94. The molecule has 0 aliphatic carbocycles. The average Bonchev–Trinajstić information content (AvgIpc) is 2.93. The molecule has 4 rings (SSSR count). The van der Waals surface area contributed by atoms with Crippen molar-refractivity contribution in [1.82, 2.24) is 19.4 Å². The standard InChI is InChI=1S/C20H16FN5O2/c1-12-16(11-22-18(23-12)13-6-5-7-14(21)10-13)19(27)24-26-17-9-4-3-8-15(17)20(28)25(26)2/h3-11H,1-2H3,(H,24,27). The van der Waals surface area contributed by atoms with Crippen molar-refractivity contribution in [2.24, 2.45) is 7.05 Å². The Morgan fingerprint density at radius 3 is 2.68 bits per heavy atom. The number of aromatic nitrogens is 4. The van der Waals surface area contributed by atoms with Gasteiger partial charge in [-0.25, -0.2) is 24.5 Å². The Morgan fingerprint density at radius 1 is 1.14 bits per heavy atom. The van der Waals surface area contributed by atoms with Gasteiger partial charge >= 0.3 is 0 Å². The number of benzene rings is 2. The van der Waals surface area contributed by atoms with E-state index in [2.05, 4.69) is 15.4 Å². The molecule has 0 aliphatic rings. The molecule has 4 aromatic rings. The molecule has 0 atom stereocenters. The second-order valence-electron chi connectivity index (χ2n) is 6.30. The van der Waals surface area contributed by atoms with Crippen molar-refractivity contribution in [2.45, 2.75) is 6.92 Å². The van der Waals surface area contributed by atoms with E-state index in [1.54, 1.807) is 50.4 Å². The second-order valence-corrected chi connectivity index (χ2v) is 6.30. The zero-order valence-electron chi connectivity index (χ0n) is 15.2. The van der Waals surface area contributed by atoms with Gasteiger partial charge in [-0.2, -0.15) is 4.79 Å².